The van der Waals surface area contributed by atoms with E-state index in [1.54, 1.807) is 11.1 Å². The van der Waals surface area contributed by atoms with Crippen LogP contribution in [0.2, 0.25) is 0 Å². The highest BCUT2D eigenvalue weighted by Crippen LogP contribution is 2.66. The van der Waals surface area contributed by atoms with Gasteiger partial charge in [0.15, 0.2) is 0 Å². The Morgan fingerprint density at radius 1 is 0.479 bits per heavy atom. The molecular weight excluding hydrogens is 579 g/mol. The van der Waals surface area contributed by atoms with E-state index in [0.717, 1.165) is 11.8 Å². The fourth-order valence-electron chi connectivity index (χ4n) is 10.2. The minimum atomic E-state index is 0.0626. The predicted molar refractivity (Wildman–Crippen MR) is 202 cm³/mol. The number of fused-ring (bicyclic) bond motifs is 8. The second kappa shape index (κ2) is 11.7. The molecule has 0 radical (unpaired) electrons. The lowest BCUT2D eigenvalue weighted by Crippen LogP contribution is -2.49. The van der Waals surface area contributed by atoms with Gasteiger partial charge in [-0.15, -0.1) is 0 Å². The molecule has 1 nitrogen and oxygen atoms in total. The molecule has 0 heterocycles. The highest BCUT2D eigenvalue weighted by atomic mass is 15.1. The van der Waals surface area contributed by atoms with E-state index in [1.807, 2.05) is 0 Å². The summed E-state index contributed by atoms with van der Waals surface area (Å²) in [6, 6.07) is 56.4. The third kappa shape index (κ3) is 4.59. The van der Waals surface area contributed by atoms with Crippen LogP contribution in [0.15, 0.2) is 152 Å². The number of nitrogens with zero attached hydrogens (tertiary/aromatic N) is 1. The molecule has 236 valence electrons. The summed E-state index contributed by atoms with van der Waals surface area (Å²) in [5.74, 6) is 2.94. The van der Waals surface area contributed by atoms with Gasteiger partial charge in [-0.3, -0.25) is 0 Å². The minimum absolute atomic E-state index is 0.0626. The van der Waals surface area contributed by atoms with Crippen LogP contribution in [-0.4, -0.2) is 0 Å². The average Bonchev–Trinajstić information content (AvgIpc) is 3.44. The Morgan fingerprint density at radius 2 is 1.02 bits per heavy atom. The molecule has 2 bridgehead atoms. The fourth-order valence-corrected chi connectivity index (χ4v) is 10.2. The lowest BCUT2D eigenvalue weighted by atomic mass is 9.49. The van der Waals surface area contributed by atoms with E-state index in [4.69, 9.17) is 0 Å². The van der Waals surface area contributed by atoms with Gasteiger partial charge in [0.1, 0.15) is 0 Å². The van der Waals surface area contributed by atoms with Crippen molar-refractivity contribution in [3.8, 4) is 33.4 Å². The van der Waals surface area contributed by atoms with Crippen molar-refractivity contribution in [2.45, 2.75) is 44.9 Å². The van der Waals surface area contributed by atoms with Crippen LogP contribution in [0.1, 0.15) is 50.7 Å². The molecule has 0 aliphatic heterocycles. The molecule has 3 aliphatic rings. The Bertz CT molecular complexity index is 1970. The molecular formula is C47H43N. The van der Waals surface area contributed by atoms with Crippen molar-refractivity contribution in [2.24, 2.45) is 23.7 Å². The van der Waals surface area contributed by atoms with E-state index in [1.165, 1.54) is 76.1 Å². The smallest absolute Gasteiger partial charge is 0.0543 e. The average molecular weight is 622 g/mol. The molecule has 9 rings (SSSR count). The van der Waals surface area contributed by atoms with Gasteiger partial charge in [-0.1, -0.05) is 135 Å². The van der Waals surface area contributed by atoms with Crippen LogP contribution in [0.5, 0.6) is 0 Å². The molecule has 6 aromatic rings. The molecule has 1 spiro atoms. The van der Waals surface area contributed by atoms with Gasteiger partial charge in [-0.2, -0.15) is 0 Å². The van der Waals surface area contributed by atoms with Gasteiger partial charge in [0, 0.05) is 22.4 Å². The van der Waals surface area contributed by atoms with Crippen molar-refractivity contribution in [1.82, 2.24) is 0 Å². The Morgan fingerprint density at radius 3 is 1.65 bits per heavy atom. The summed E-state index contributed by atoms with van der Waals surface area (Å²) in [7, 11) is 0. The van der Waals surface area contributed by atoms with Gasteiger partial charge in [-0.25, -0.2) is 0 Å². The molecule has 0 aromatic heterocycles. The Hall–Kier alpha value is -4.88. The maximum atomic E-state index is 2.57. The molecule has 6 aromatic carbocycles. The summed E-state index contributed by atoms with van der Waals surface area (Å²) in [5, 5.41) is 0. The van der Waals surface area contributed by atoms with Crippen LogP contribution in [0.25, 0.3) is 33.4 Å². The first-order chi connectivity index (χ1) is 23.6. The topological polar surface area (TPSA) is 3.24 Å². The number of hydrogen-bond donors (Lipinski definition) is 0. The zero-order valence-electron chi connectivity index (χ0n) is 28.0. The second-order valence-corrected chi connectivity index (χ2v) is 14.8. The highest BCUT2D eigenvalue weighted by Gasteiger charge is 2.57. The van der Waals surface area contributed by atoms with Crippen LogP contribution < -0.4 is 4.90 Å². The number of hydrogen-bond acceptors (Lipinski definition) is 1. The van der Waals surface area contributed by atoms with Gasteiger partial charge in [0.05, 0.1) is 5.69 Å². The number of benzene rings is 6. The molecule has 3 aliphatic carbocycles. The molecule has 0 N–H and O–H groups in total. The van der Waals surface area contributed by atoms with Gasteiger partial charge in [0.2, 0.25) is 0 Å². The SMILES string of the molecule is C[C@H]1C[C@@H]2C[C@H](C1)C1(c3ccccc3-c3c(N(c4ccc(-c5ccccc5)cc4)c4ccc(-c5ccccc5)cc4)cccc31)[C@H](C)C2. The summed E-state index contributed by atoms with van der Waals surface area (Å²) < 4.78 is 0. The van der Waals surface area contributed by atoms with E-state index in [2.05, 4.69) is 170 Å². The Kier molecular flexibility index (Phi) is 7.12. The normalized spacial score (nSPS) is 23.8. The van der Waals surface area contributed by atoms with Crippen molar-refractivity contribution < 1.29 is 0 Å². The minimum Gasteiger partial charge on any atom is -0.310 e. The third-order valence-corrected chi connectivity index (χ3v) is 12.0. The molecule has 0 amide bonds. The zero-order valence-corrected chi connectivity index (χ0v) is 28.0. The van der Waals surface area contributed by atoms with Crippen molar-refractivity contribution in [3.63, 3.8) is 0 Å². The first-order valence-corrected chi connectivity index (χ1v) is 18.0. The van der Waals surface area contributed by atoms with E-state index in [-0.39, 0.29) is 5.41 Å². The third-order valence-electron chi connectivity index (χ3n) is 12.0. The lowest BCUT2D eigenvalue weighted by molar-refractivity contribution is 0.0426. The maximum absolute atomic E-state index is 2.57. The Balaban J connectivity index is 1.24. The van der Waals surface area contributed by atoms with Crippen LogP contribution in [0.4, 0.5) is 17.1 Å². The van der Waals surface area contributed by atoms with Gasteiger partial charge in [0.25, 0.3) is 0 Å². The Labute approximate surface area is 285 Å². The highest BCUT2D eigenvalue weighted by molar-refractivity contribution is 5.95. The number of rotatable bonds is 5. The fraction of sp³-hybridized carbons (Fsp3) is 0.234. The van der Waals surface area contributed by atoms with Crippen LogP contribution in [-0.2, 0) is 5.41 Å². The van der Waals surface area contributed by atoms with Crippen molar-refractivity contribution in [2.75, 3.05) is 4.90 Å². The molecule has 1 unspecified atom stereocenters. The van der Waals surface area contributed by atoms with Gasteiger partial charge >= 0.3 is 0 Å². The van der Waals surface area contributed by atoms with Crippen LogP contribution >= 0.6 is 0 Å². The van der Waals surface area contributed by atoms with Crippen molar-refractivity contribution >= 4 is 17.1 Å². The van der Waals surface area contributed by atoms with Gasteiger partial charge < -0.3 is 4.90 Å². The van der Waals surface area contributed by atoms with E-state index in [9.17, 15) is 0 Å². The number of anilines is 3. The molecule has 1 heteroatoms. The first kappa shape index (κ1) is 29.3. The van der Waals surface area contributed by atoms with Crippen LogP contribution in [0, 0.1) is 23.7 Å². The summed E-state index contributed by atoms with van der Waals surface area (Å²) >= 11 is 0. The monoisotopic (exact) mass is 621 g/mol. The second-order valence-electron chi connectivity index (χ2n) is 14.8. The van der Waals surface area contributed by atoms with E-state index < -0.39 is 0 Å². The summed E-state index contributed by atoms with van der Waals surface area (Å²) in [6.45, 7) is 5.07. The molecule has 0 saturated heterocycles. The largest absolute Gasteiger partial charge is 0.310 e. The quantitative estimate of drug-likeness (QED) is 0.185. The van der Waals surface area contributed by atoms with E-state index in [0.29, 0.717) is 11.8 Å². The molecule has 5 atom stereocenters. The predicted octanol–water partition coefficient (Wildman–Crippen LogP) is 12.8. The summed E-state index contributed by atoms with van der Waals surface area (Å²) in [6.07, 6.45) is 5.41. The maximum Gasteiger partial charge on any atom is 0.0543 e. The first-order valence-electron chi connectivity index (χ1n) is 18.0. The van der Waals surface area contributed by atoms with Crippen molar-refractivity contribution in [1.29, 1.82) is 0 Å². The van der Waals surface area contributed by atoms with Crippen LogP contribution in [0.3, 0.4) is 0 Å². The molecule has 2 saturated carbocycles. The molecule has 2 fully saturated rings. The summed E-state index contributed by atoms with van der Waals surface area (Å²) in [4.78, 5) is 2.51. The lowest BCUT2D eigenvalue weighted by Gasteiger charge is -2.54. The van der Waals surface area contributed by atoms with Gasteiger partial charge in [-0.05, 0) is 119 Å². The standard InChI is InChI=1S/C47H43N/c1-32-28-34-30-33(2)47(39(29-32)31-34)43-17-10-9-16-42(43)46-44(47)18-11-19-45(46)48(40-24-20-37(21-25-40)35-12-5-3-6-13-35)41-26-22-38(23-27-41)36-14-7-4-8-15-36/h3-27,32-34,39H,28-31H2,1-2H3/t32-,33+,34-,39-,47?/m0/s1. The van der Waals surface area contributed by atoms with Crippen molar-refractivity contribution in [3.05, 3.63) is 163 Å². The van der Waals surface area contributed by atoms with E-state index >= 15 is 0 Å². The zero-order chi connectivity index (χ0) is 32.2. The summed E-state index contributed by atoms with van der Waals surface area (Å²) in [5.41, 5.74) is 14.6. The molecule has 48 heavy (non-hydrogen) atoms.